The van der Waals surface area contributed by atoms with Crippen molar-refractivity contribution in [3.8, 4) is 11.3 Å². The van der Waals surface area contributed by atoms with E-state index in [9.17, 15) is 10.1 Å². The van der Waals surface area contributed by atoms with Crippen molar-refractivity contribution in [3.63, 3.8) is 0 Å². The molecule has 0 radical (unpaired) electrons. The second kappa shape index (κ2) is 5.13. The van der Waals surface area contributed by atoms with E-state index in [1.807, 2.05) is 6.92 Å². The fraction of sp³-hybridized carbons (Fsp3) is 0.200. The van der Waals surface area contributed by atoms with Gasteiger partial charge in [0, 0.05) is 24.5 Å². The van der Waals surface area contributed by atoms with E-state index >= 15 is 0 Å². The summed E-state index contributed by atoms with van der Waals surface area (Å²) in [5.74, 6) is 0.191. The highest BCUT2D eigenvalue weighted by molar-refractivity contribution is 5.75. The smallest absolute Gasteiger partial charge is 0.337 e. The summed E-state index contributed by atoms with van der Waals surface area (Å²) in [7, 11) is 0. The van der Waals surface area contributed by atoms with Crippen LogP contribution in [0.3, 0.4) is 0 Å². The molecule has 0 aromatic carbocycles. The molecule has 8 heteroatoms. The van der Waals surface area contributed by atoms with Crippen molar-refractivity contribution in [2.75, 3.05) is 11.9 Å². The molecular formula is C10H10N6O2. The van der Waals surface area contributed by atoms with Gasteiger partial charge in [0.15, 0.2) is 5.69 Å². The molecule has 2 aromatic heterocycles. The van der Waals surface area contributed by atoms with Gasteiger partial charge in [-0.05, 0) is 6.92 Å². The molecule has 0 bridgehead atoms. The van der Waals surface area contributed by atoms with Crippen molar-refractivity contribution >= 4 is 11.5 Å². The van der Waals surface area contributed by atoms with E-state index in [0.29, 0.717) is 12.1 Å². The van der Waals surface area contributed by atoms with E-state index in [0.717, 1.165) is 0 Å². The summed E-state index contributed by atoms with van der Waals surface area (Å²) in [6.45, 7) is 2.36. The first kappa shape index (κ1) is 11.8. The molecule has 0 unspecified atom stereocenters. The molecule has 8 nitrogen and oxygen atoms in total. The summed E-state index contributed by atoms with van der Waals surface area (Å²) in [6.07, 6.45) is 5.56. The predicted molar refractivity (Wildman–Crippen MR) is 63.9 cm³/mol. The second-order valence-electron chi connectivity index (χ2n) is 3.33. The molecule has 2 heterocycles. The van der Waals surface area contributed by atoms with Crippen molar-refractivity contribution in [3.05, 3.63) is 35.2 Å². The lowest BCUT2D eigenvalue weighted by molar-refractivity contribution is -0.383. The third kappa shape index (κ3) is 2.21. The molecule has 2 aromatic rings. The van der Waals surface area contributed by atoms with Crippen molar-refractivity contribution in [2.45, 2.75) is 6.92 Å². The molecule has 0 aliphatic rings. The molecule has 1 N–H and O–H groups in total. The minimum Gasteiger partial charge on any atom is -0.365 e. The van der Waals surface area contributed by atoms with Crippen molar-refractivity contribution < 1.29 is 4.92 Å². The molecule has 2 rings (SSSR count). The number of hydrogen-bond acceptors (Lipinski definition) is 7. The molecule has 0 atom stereocenters. The second-order valence-corrected chi connectivity index (χ2v) is 3.33. The number of nitrogens with one attached hydrogen (secondary N) is 1. The number of rotatable bonds is 4. The van der Waals surface area contributed by atoms with Gasteiger partial charge in [-0.3, -0.25) is 10.1 Å². The summed E-state index contributed by atoms with van der Waals surface area (Å²) >= 11 is 0. The average Bonchev–Trinajstić information content (AvgIpc) is 2.39. The Kier molecular flexibility index (Phi) is 3.37. The first-order valence-corrected chi connectivity index (χ1v) is 5.22. The zero-order chi connectivity index (χ0) is 13.0. The van der Waals surface area contributed by atoms with Crippen LogP contribution < -0.4 is 5.32 Å². The van der Waals surface area contributed by atoms with Crippen molar-refractivity contribution in [2.24, 2.45) is 0 Å². The SMILES string of the molecule is CCNc1ncnc(-c2cncnc2)c1[N+](=O)[O-]. The van der Waals surface area contributed by atoms with Crippen LogP contribution in [0, 0.1) is 10.1 Å². The van der Waals surface area contributed by atoms with Crippen LogP contribution in [0.15, 0.2) is 25.0 Å². The van der Waals surface area contributed by atoms with Gasteiger partial charge in [-0.1, -0.05) is 0 Å². The third-order valence-corrected chi connectivity index (χ3v) is 2.18. The van der Waals surface area contributed by atoms with Gasteiger partial charge in [0.2, 0.25) is 5.82 Å². The molecule has 18 heavy (non-hydrogen) atoms. The highest BCUT2D eigenvalue weighted by Crippen LogP contribution is 2.31. The van der Waals surface area contributed by atoms with Crippen LogP contribution >= 0.6 is 0 Å². The Bertz CT molecular complexity index is 560. The maximum atomic E-state index is 11.1. The topological polar surface area (TPSA) is 107 Å². The van der Waals surface area contributed by atoms with Gasteiger partial charge in [-0.2, -0.15) is 0 Å². The summed E-state index contributed by atoms with van der Waals surface area (Å²) < 4.78 is 0. The molecule has 0 amide bonds. The van der Waals surface area contributed by atoms with Gasteiger partial charge in [-0.25, -0.2) is 19.9 Å². The van der Waals surface area contributed by atoms with Gasteiger partial charge in [0.05, 0.1) is 4.92 Å². The van der Waals surface area contributed by atoms with Crippen LogP contribution in [0.4, 0.5) is 11.5 Å². The summed E-state index contributed by atoms with van der Waals surface area (Å²) in [6, 6.07) is 0. The molecule has 0 fully saturated rings. The van der Waals surface area contributed by atoms with Gasteiger partial charge in [-0.15, -0.1) is 0 Å². The summed E-state index contributed by atoms with van der Waals surface area (Å²) in [5.41, 5.74) is 0.506. The Balaban J connectivity index is 2.60. The number of hydrogen-bond donors (Lipinski definition) is 1. The Morgan fingerprint density at radius 1 is 1.28 bits per heavy atom. The molecule has 0 spiro atoms. The zero-order valence-corrected chi connectivity index (χ0v) is 9.57. The minimum absolute atomic E-state index is 0.172. The average molecular weight is 246 g/mol. The Hall–Kier alpha value is -2.64. The number of nitro groups is 1. The molecule has 0 saturated heterocycles. The largest absolute Gasteiger partial charge is 0.365 e. The van der Waals surface area contributed by atoms with Gasteiger partial charge >= 0.3 is 5.69 Å². The Labute approximate surface area is 102 Å². The molecule has 0 aliphatic carbocycles. The number of nitrogens with zero attached hydrogens (tertiary/aromatic N) is 5. The van der Waals surface area contributed by atoms with E-state index in [2.05, 4.69) is 25.3 Å². The van der Waals surface area contributed by atoms with Crippen molar-refractivity contribution in [1.29, 1.82) is 0 Å². The first-order valence-electron chi connectivity index (χ1n) is 5.22. The molecule has 0 aliphatic heterocycles. The monoisotopic (exact) mass is 246 g/mol. The molecule has 0 saturated carbocycles. The van der Waals surface area contributed by atoms with Crippen LogP contribution in [-0.4, -0.2) is 31.4 Å². The molecule has 92 valence electrons. The fourth-order valence-electron chi connectivity index (χ4n) is 1.48. The summed E-state index contributed by atoms with van der Waals surface area (Å²) in [4.78, 5) is 26.1. The lowest BCUT2D eigenvalue weighted by Crippen LogP contribution is -2.06. The van der Waals surface area contributed by atoms with Crippen LogP contribution in [0.5, 0.6) is 0 Å². The van der Waals surface area contributed by atoms with Crippen molar-refractivity contribution in [1.82, 2.24) is 19.9 Å². The number of aromatic nitrogens is 4. The quantitative estimate of drug-likeness (QED) is 0.639. The third-order valence-electron chi connectivity index (χ3n) is 2.18. The highest BCUT2D eigenvalue weighted by Gasteiger charge is 2.23. The molecular weight excluding hydrogens is 236 g/mol. The minimum atomic E-state index is -0.514. The van der Waals surface area contributed by atoms with E-state index < -0.39 is 4.92 Å². The normalized spacial score (nSPS) is 10.1. The zero-order valence-electron chi connectivity index (χ0n) is 9.57. The van der Waals surface area contributed by atoms with Crippen LogP contribution in [-0.2, 0) is 0 Å². The van der Waals surface area contributed by atoms with Gasteiger partial charge < -0.3 is 5.32 Å². The Morgan fingerprint density at radius 2 is 2.00 bits per heavy atom. The lowest BCUT2D eigenvalue weighted by atomic mass is 10.2. The lowest BCUT2D eigenvalue weighted by Gasteiger charge is -2.06. The maximum absolute atomic E-state index is 11.1. The van der Waals surface area contributed by atoms with E-state index in [1.165, 1.54) is 25.0 Å². The maximum Gasteiger partial charge on any atom is 0.337 e. The fourth-order valence-corrected chi connectivity index (χ4v) is 1.48. The van der Waals surface area contributed by atoms with Gasteiger partial charge in [0.25, 0.3) is 0 Å². The van der Waals surface area contributed by atoms with E-state index in [4.69, 9.17) is 0 Å². The predicted octanol–water partition coefficient (Wildman–Crippen LogP) is 1.27. The van der Waals surface area contributed by atoms with E-state index in [-0.39, 0.29) is 17.2 Å². The summed E-state index contributed by atoms with van der Waals surface area (Å²) in [5, 5.41) is 14.0. The van der Waals surface area contributed by atoms with Crippen LogP contribution in [0.25, 0.3) is 11.3 Å². The van der Waals surface area contributed by atoms with E-state index in [1.54, 1.807) is 0 Å². The number of anilines is 1. The van der Waals surface area contributed by atoms with Crippen LogP contribution in [0.2, 0.25) is 0 Å². The van der Waals surface area contributed by atoms with Gasteiger partial charge in [0.1, 0.15) is 12.7 Å². The highest BCUT2D eigenvalue weighted by atomic mass is 16.6. The first-order chi connectivity index (χ1) is 8.74. The van der Waals surface area contributed by atoms with Crippen LogP contribution in [0.1, 0.15) is 6.92 Å². The standard InChI is InChI=1S/C10H10N6O2/c1-2-13-10-9(16(17)18)8(14-6-15-10)7-3-11-5-12-4-7/h3-6H,2H2,1H3,(H,13,14,15). The Morgan fingerprint density at radius 3 is 2.61 bits per heavy atom.